The fraction of sp³-hybridized carbons (Fsp3) is 0.455. The van der Waals surface area contributed by atoms with Crippen LogP contribution in [0.1, 0.15) is 13.8 Å². The normalized spacial score (nSPS) is 11.4. The van der Waals surface area contributed by atoms with Crippen molar-refractivity contribution in [1.82, 2.24) is 9.88 Å². The summed E-state index contributed by atoms with van der Waals surface area (Å²) in [5, 5.41) is 11.7. The number of nitrogens with one attached hydrogen (secondary N) is 1. The molecule has 88 valence electrons. The van der Waals surface area contributed by atoms with Crippen LogP contribution in [0.15, 0.2) is 29.2 Å². The van der Waals surface area contributed by atoms with Crippen LogP contribution >= 0.6 is 0 Å². The van der Waals surface area contributed by atoms with E-state index in [4.69, 9.17) is 5.11 Å². The van der Waals surface area contributed by atoms with Gasteiger partial charge in [0, 0.05) is 25.4 Å². The molecule has 0 fully saturated rings. The van der Waals surface area contributed by atoms with Crippen LogP contribution in [0.2, 0.25) is 0 Å². The van der Waals surface area contributed by atoms with Gasteiger partial charge in [0.2, 0.25) is 0 Å². The van der Waals surface area contributed by atoms with Crippen LogP contribution < -0.4 is 10.9 Å². The first-order chi connectivity index (χ1) is 7.43. The first-order valence-electron chi connectivity index (χ1n) is 5.07. The molecular weight excluding hydrogens is 208 g/mol. The molecule has 5 heteroatoms. The van der Waals surface area contributed by atoms with Gasteiger partial charge in [0.05, 0.1) is 0 Å². The quantitative estimate of drug-likeness (QED) is 0.754. The van der Waals surface area contributed by atoms with Crippen molar-refractivity contribution in [3.05, 3.63) is 34.7 Å². The average Bonchev–Trinajstić information content (AvgIpc) is 2.20. The van der Waals surface area contributed by atoms with Gasteiger partial charge in [-0.1, -0.05) is 6.07 Å². The van der Waals surface area contributed by atoms with E-state index >= 15 is 0 Å². The molecule has 0 atom stereocenters. The van der Waals surface area contributed by atoms with Crippen molar-refractivity contribution in [3.63, 3.8) is 0 Å². The average molecular weight is 224 g/mol. The lowest BCUT2D eigenvalue weighted by Crippen LogP contribution is -2.48. The van der Waals surface area contributed by atoms with Gasteiger partial charge in [-0.3, -0.25) is 9.59 Å². The van der Waals surface area contributed by atoms with Crippen molar-refractivity contribution in [2.45, 2.75) is 25.9 Å². The van der Waals surface area contributed by atoms with E-state index in [2.05, 4.69) is 5.32 Å². The van der Waals surface area contributed by atoms with Gasteiger partial charge in [0.25, 0.3) is 5.56 Å². The van der Waals surface area contributed by atoms with Gasteiger partial charge in [-0.05, 0) is 19.9 Å². The highest BCUT2D eigenvalue weighted by molar-refractivity contribution is 5.77. The molecule has 2 N–H and O–H groups in total. The number of aliphatic carboxylic acids is 1. The SMILES string of the molecule is CC(C)(NCCn1ccccc1=O)C(=O)O. The molecule has 0 unspecified atom stereocenters. The Morgan fingerprint density at radius 1 is 1.50 bits per heavy atom. The number of pyridine rings is 1. The van der Waals surface area contributed by atoms with Crippen LogP contribution in [0.4, 0.5) is 0 Å². The van der Waals surface area contributed by atoms with Crippen molar-refractivity contribution in [3.8, 4) is 0 Å². The van der Waals surface area contributed by atoms with E-state index in [1.807, 2.05) is 0 Å². The molecule has 5 nitrogen and oxygen atoms in total. The first-order valence-corrected chi connectivity index (χ1v) is 5.07. The van der Waals surface area contributed by atoms with Crippen molar-refractivity contribution in [2.24, 2.45) is 0 Å². The molecule has 1 aromatic rings. The van der Waals surface area contributed by atoms with Gasteiger partial charge < -0.3 is 15.0 Å². The summed E-state index contributed by atoms with van der Waals surface area (Å²) in [6, 6.07) is 4.92. The molecule has 0 aliphatic carbocycles. The summed E-state index contributed by atoms with van der Waals surface area (Å²) in [5.41, 5.74) is -1.06. The van der Waals surface area contributed by atoms with Gasteiger partial charge in [0.15, 0.2) is 0 Å². The maximum absolute atomic E-state index is 11.3. The molecule has 1 heterocycles. The van der Waals surface area contributed by atoms with Crippen LogP contribution in [-0.2, 0) is 11.3 Å². The molecule has 0 radical (unpaired) electrons. The zero-order valence-corrected chi connectivity index (χ0v) is 9.43. The van der Waals surface area contributed by atoms with Crippen molar-refractivity contribution >= 4 is 5.97 Å². The molecule has 0 aromatic carbocycles. The van der Waals surface area contributed by atoms with Crippen LogP contribution in [0.25, 0.3) is 0 Å². The molecule has 0 aliphatic heterocycles. The third-order valence-electron chi connectivity index (χ3n) is 2.35. The lowest BCUT2D eigenvalue weighted by molar-refractivity contribution is -0.143. The Morgan fingerprint density at radius 3 is 2.75 bits per heavy atom. The number of carboxylic acids is 1. The number of rotatable bonds is 5. The molecule has 0 bridgehead atoms. The second-order valence-corrected chi connectivity index (χ2v) is 4.09. The molecule has 0 amide bonds. The molecule has 0 aliphatic rings. The van der Waals surface area contributed by atoms with Gasteiger partial charge >= 0.3 is 5.97 Å². The van der Waals surface area contributed by atoms with Crippen LogP contribution in [0, 0.1) is 0 Å². The van der Waals surface area contributed by atoms with E-state index in [9.17, 15) is 9.59 Å². The molecule has 1 rings (SSSR count). The maximum Gasteiger partial charge on any atom is 0.323 e. The van der Waals surface area contributed by atoms with Crippen molar-refractivity contribution < 1.29 is 9.90 Å². The summed E-state index contributed by atoms with van der Waals surface area (Å²) >= 11 is 0. The minimum atomic E-state index is -0.974. The van der Waals surface area contributed by atoms with Crippen molar-refractivity contribution in [1.29, 1.82) is 0 Å². The topological polar surface area (TPSA) is 71.3 Å². The number of carboxylic acid groups (broad SMARTS) is 1. The summed E-state index contributed by atoms with van der Waals surface area (Å²) in [7, 11) is 0. The Labute approximate surface area is 93.7 Å². The zero-order valence-electron chi connectivity index (χ0n) is 9.43. The Morgan fingerprint density at radius 2 is 2.19 bits per heavy atom. The number of carbonyl (C=O) groups is 1. The Kier molecular flexibility index (Phi) is 3.84. The third kappa shape index (κ3) is 3.20. The predicted octanol–water partition coefficient (Wildman–Crippen LogP) is 0.301. The highest BCUT2D eigenvalue weighted by Gasteiger charge is 2.25. The van der Waals surface area contributed by atoms with E-state index in [1.165, 1.54) is 10.6 Å². The molecule has 1 aromatic heterocycles. The summed E-state index contributed by atoms with van der Waals surface area (Å²) < 4.78 is 1.53. The molecular formula is C11H16N2O3. The second kappa shape index (κ2) is 4.94. The number of hydrogen-bond donors (Lipinski definition) is 2. The minimum absolute atomic E-state index is 0.0857. The van der Waals surface area contributed by atoms with Gasteiger partial charge in [-0.25, -0.2) is 0 Å². The van der Waals surface area contributed by atoms with Gasteiger partial charge in [0.1, 0.15) is 5.54 Å². The predicted molar refractivity (Wildman–Crippen MR) is 60.4 cm³/mol. The summed E-state index contributed by atoms with van der Waals surface area (Å²) in [4.78, 5) is 22.1. The van der Waals surface area contributed by atoms with Crippen LogP contribution in [-0.4, -0.2) is 27.7 Å². The Balaban J connectivity index is 2.51. The smallest absolute Gasteiger partial charge is 0.323 e. The third-order valence-corrected chi connectivity index (χ3v) is 2.35. The zero-order chi connectivity index (χ0) is 12.2. The highest BCUT2D eigenvalue weighted by atomic mass is 16.4. The van der Waals surface area contributed by atoms with E-state index in [0.717, 1.165) is 0 Å². The standard InChI is InChI=1S/C11H16N2O3/c1-11(2,10(15)16)12-6-8-13-7-4-3-5-9(13)14/h3-5,7,12H,6,8H2,1-2H3,(H,15,16). The number of aromatic nitrogens is 1. The molecule has 0 saturated carbocycles. The Hall–Kier alpha value is -1.62. The Bertz CT molecular complexity index is 423. The van der Waals surface area contributed by atoms with E-state index < -0.39 is 11.5 Å². The lowest BCUT2D eigenvalue weighted by Gasteiger charge is -2.21. The molecule has 0 spiro atoms. The van der Waals surface area contributed by atoms with Gasteiger partial charge in [-0.2, -0.15) is 0 Å². The lowest BCUT2D eigenvalue weighted by atomic mass is 10.1. The molecule has 16 heavy (non-hydrogen) atoms. The van der Waals surface area contributed by atoms with E-state index in [0.29, 0.717) is 13.1 Å². The van der Waals surface area contributed by atoms with Crippen LogP contribution in [0.5, 0.6) is 0 Å². The highest BCUT2D eigenvalue weighted by Crippen LogP contribution is 2.00. The minimum Gasteiger partial charge on any atom is -0.480 e. The second-order valence-electron chi connectivity index (χ2n) is 4.09. The van der Waals surface area contributed by atoms with E-state index in [1.54, 1.807) is 32.2 Å². The first kappa shape index (κ1) is 12.4. The monoisotopic (exact) mass is 224 g/mol. The molecule has 0 saturated heterocycles. The van der Waals surface area contributed by atoms with Crippen molar-refractivity contribution in [2.75, 3.05) is 6.54 Å². The van der Waals surface area contributed by atoms with Crippen LogP contribution in [0.3, 0.4) is 0 Å². The summed E-state index contributed by atoms with van der Waals surface area (Å²) in [5.74, 6) is -0.909. The largest absolute Gasteiger partial charge is 0.480 e. The fourth-order valence-corrected chi connectivity index (χ4v) is 1.21. The fourth-order valence-electron chi connectivity index (χ4n) is 1.21. The van der Waals surface area contributed by atoms with Gasteiger partial charge in [-0.15, -0.1) is 0 Å². The van der Waals surface area contributed by atoms with E-state index in [-0.39, 0.29) is 5.56 Å². The maximum atomic E-state index is 11.3. The number of nitrogens with zero attached hydrogens (tertiary/aromatic N) is 1. The number of hydrogen-bond acceptors (Lipinski definition) is 3. The summed E-state index contributed by atoms with van der Waals surface area (Å²) in [6.45, 7) is 4.06. The summed E-state index contributed by atoms with van der Waals surface area (Å²) in [6.07, 6.45) is 1.68.